The lowest BCUT2D eigenvalue weighted by molar-refractivity contribution is -0.117. The van der Waals surface area contributed by atoms with Crippen LogP contribution >= 0.6 is 11.3 Å². The van der Waals surface area contributed by atoms with E-state index in [1.165, 1.54) is 16.2 Å². The lowest BCUT2D eigenvalue weighted by Gasteiger charge is -2.23. The minimum atomic E-state index is -0.309. The van der Waals surface area contributed by atoms with Gasteiger partial charge in [-0.05, 0) is 42.0 Å². The van der Waals surface area contributed by atoms with Gasteiger partial charge in [-0.25, -0.2) is 4.98 Å². The lowest BCUT2D eigenvalue weighted by atomic mass is 10.1. The van der Waals surface area contributed by atoms with Crippen LogP contribution < -0.4 is 15.8 Å². The summed E-state index contributed by atoms with van der Waals surface area (Å²) in [7, 11) is 1.58. The number of nitrogens with one attached hydrogen (secondary N) is 1. The number of anilines is 2. The Morgan fingerprint density at radius 2 is 1.85 bits per heavy atom. The van der Waals surface area contributed by atoms with Gasteiger partial charge in [0.05, 0.1) is 12.8 Å². The average molecular weight is 474 g/mol. The van der Waals surface area contributed by atoms with Gasteiger partial charge in [-0.15, -0.1) is 11.3 Å². The number of thiazole rings is 1. The molecule has 0 aliphatic heterocycles. The van der Waals surface area contributed by atoms with Gasteiger partial charge in [0, 0.05) is 41.1 Å². The minimum absolute atomic E-state index is 0.122. The van der Waals surface area contributed by atoms with Gasteiger partial charge in [0.25, 0.3) is 5.91 Å². The molecule has 0 spiro atoms. The van der Waals surface area contributed by atoms with Gasteiger partial charge >= 0.3 is 0 Å². The Hall–Kier alpha value is -4.24. The molecule has 0 unspecified atom stereocenters. The highest BCUT2D eigenvalue weighted by Crippen LogP contribution is 2.24. The standard InChI is InChI=1S/C25H23N5O3S/c1-33-21-4-2-3-17(13-21)14-30(24(32)19-9-11-27-12-10-19)15-23(31)28-20-7-5-18(6-8-20)22-16-34-25(26)29-22/h2-13,16H,14-15H2,1H3,(H2,26,29)(H,28,31). The van der Waals surface area contributed by atoms with E-state index < -0.39 is 0 Å². The maximum atomic E-state index is 13.2. The molecular formula is C25H23N5O3S. The third-order valence-electron chi connectivity index (χ3n) is 5.04. The summed E-state index contributed by atoms with van der Waals surface area (Å²) in [6.07, 6.45) is 3.10. The largest absolute Gasteiger partial charge is 0.497 e. The molecule has 9 heteroatoms. The second kappa shape index (κ2) is 10.6. The number of pyridine rings is 1. The Morgan fingerprint density at radius 1 is 1.09 bits per heavy atom. The summed E-state index contributed by atoms with van der Waals surface area (Å²) >= 11 is 1.37. The van der Waals surface area contributed by atoms with Crippen molar-refractivity contribution in [3.8, 4) is 17.0 Å². The third kappa shape index (κ3) is 5.76. The van der Waals surface area contributed by atoms with Crippen LogP contribution in [0.1, 0.15) is 15.9 Å². The molecule has 0 fully saturated rings. The molecule has 34 heavy (non-hydrogen) atoms. The van der Waals surface area contributed by atoms with Gasteiger partial charge in [0.15, 0.2) is 5.13 Å². The molecule has 2 aromatic carbocycles. The number of benzene rings is 2. The van der Waals surface area contributed by atoms with Gasteiger partial charge in [-0.2, -0.15) is 0 Å². The van der Waals surface area contributed by atoms with Crippen LogP contribution in [0.25, 0.3) is 11.3 Å². The van der Waals surface area contributed by atoms with Crippen molar-refractivity contribution in [3.63, 3.8) is 0 Å². The van der Waals surface area contributed by atoms with Crippen molar-refractivity contribution in [2.75, 3.05) is 24.7 Å². The monoisotopic (exact) mass is 473 g/mol. The summed E-state index contributed by atoms with van der Waals surface area (Å²) in [6.45, 7) is 0.124. The summed E-state index contributed by atoms with van der Waals surface area (Å²) in [5.74, 6) is 0.105. The number of hydrogen-bond donors (Lipinski definition) is 2. The number of aromatic nitrogens is 2. The number of hydrogen-bond acceptors (Lipinski definition) is 7. The summed E-state index contributed by atoms with van der Waals surface area (Å²) in [5, 5.41) is 5.24. The van der Waals surface area contributed by atoms with Crippen LogP contribution in [-0.2, 0) is 11.3 Å². The normalized spacial score (nSPS) is 10.5. The number of carbonyl (C=O) groups is 2. The Balaban J connectivity index is 1.48. The number of methoxy groups -OCH3 is 1. The molecule has 0 saturated carbocycles. The Kier molecular flexibility index (Phi) is 7.14. The van der Waals surface area contributed by atoms with E-state index in [0.29, 0.717) is 22.1 Å². The molecular weight excluding hydrogens is 450 g/mol. The first-order valence-corrected chi connectivity index (χ1v) is 11.3. The molecule has 0 aliphatic rings. The number of carbonyl (C=O) groups excluding carboxylic acids is 2. The average Bonchev–Trinajstić information content (AvgIpc) is 3.30. The van der Waals surface area contributed by atoms with E-state index in [1.54, 1.807) is 43.8 Å². The van der Waals surface area contributed by atoms with Gasteiger partial charge in [0.2, 0.25) is 5.91 Å². The maximum Gasteiger partial charge on any atom is 0.254 e. The molecule has 2 heterocycles. The SMILES string of the molecule is COc1cccc(CN(CC(=O)Nc2ccc(-c3csc(N)n3)cc2)C(=O)c2ccncc2)c1. The second-order valence-electron chi connectivity index (χ2n) is 7.45. The number of rotatable bonds is 8. The molecule has 8 nitrogen and oxygen atoms in total. The number of nitrogens with two attached hydrogens (primary N) is 1. The van der Waals surface area contributed by atoms with Gasteiger partial charge in [-0.3, -0.25) is 14.6 Å². The topological polar surface area (TPSA) is 110 Å². The predicted octanol–water partition coefficient (Wildman–Crippen LogP) is 4.08. The summed E-state index contributed by atoms with van der Waals surface area (Å²) in [4.78, 5) is 35.7. The summed E-state index contributed by atoms with van der Waals surface area (Å²) < 4.78 is 5.28. The van der Waals surface area contributed by atoms with Gasteiger partial charge < -0.3 is 20.7 Å². The molecule has 2 amide bonds. The van der Waals surface area contributed by atoms with Gasteiger partial charge in [-0.1, -0.05) is 24.3 Å². The van der Waals surface area contributed by atoms with E-state index >= 15 is 0 Å². The molecule has 0 aliphatic carbocycles. The van der Waals surface area contributed by atoms with Crippen LogP contribution in [0.15, 0.2) is 78.4 Å². The summed E-state index contributed by atoms with van der Waals surface area (Å²) in [6, 6.07) is 18.0. The van der Waals surface area contributed by atoms with Crippen LogP contribution in [0.5, 0.6) is 5.75 Å². The number of ether oxygens (including phenoxy) is 1. The van der Waals surface area contributed by atoms with Crippen molar-refractivity contribution in [2.24, 2.45) is 0 Å². The fourth-order valence-corrected chi connectivity index (χ4v) is 3.96. The van der Waals surface area contributed by atoms with Crippen molar-refractivity contribution < 1.29 is 14.3 Å². The smallest absolute Gasteiger partial charge is 0.254 e. The molecule has 0 bridgehead atoms. The molecule has 4 rings (SSSR count). The van der Waals surface area contributed by atoms with E-state index in [1.807, 2.05) is 41.8 Å². The molecule has 0 saturated heterocycles. The first-order chi connectivity index (χ1) is 16.5. The fourth-order valence-electron chi connectivity index (χ4n) is 3.39. The van der Waals surface area contributed by atoms with Crippen molar-refractivity contribution >= 4 is 34.0 Å². The molecule has 2 aromatic heterocycles. The van der Waals surface area contributed by atoms with Crippen LogP contribution in [0.2, 0.25) is 0 Å². The fraction of sp³-hybridized carbons (Fsp3) is 0.120. The molecule has 3 N–H and O–H groups in total. The molecule has 172 valence electrons. The Morgan fingerprint density at radius 3 is 2.53 bits per heavy atom. The van der Waals surface area contributed by atoms with Crippen molar-refractivity contribution in [3.05, 3.63) is 89.6 Å². The zero-order valence-electron chi connectivity index (χ0n) is 18.5. The summed E-state index contributed by atoms with van der Waals surface area (Å²) in [5.41, 5.74) is 9.31. The van der Waals surface area contributed by atoms with Crippen molar-refractivity contribution in [1.82, 2.24) is 14.9 Å². The number of nitrogen functional groups attached to an aromatic ring is 1. The molecule has 0 atom stereocenters. The zero-order valence-corrected chi connectivity index (χ0v) is 19.3. The zero-order chi connectivity index (χ0) is 23.9. The van der Waals surface area contributed by atoms with Crippen LogP contribution in [0, 0.1) is 0 Å². The van der Waals surface area contributed by atoms with Crippen LogP contribution in [-0.4, -0.2) is 40.3 Å². The highest BCUT2D eigenvalue weighted by molar-refractivity contribution is 7.13. The van der Waals surface area contributed by atoms with Crippen molar-refractivity contribution in [1.29, 1.82) is 0 Å². The maximum absolute atomic E-state index is 13.2. The van der Waals surface area contributed by atoms with E-state index in [2.05, 4.69) is 15.3 Å². The van der Waals surface area contributed by atoms with Crippen molar-refractivity contribution in [2.45, 2.75) is 6.54 Å². The van der Waals surface area contributed by atoms with E-state index in [0.717, 1.165) is 16.8 Å². The number of nitrogens with zero attached hydrogens (tertiary/aromatic N) is 3. The second-order valence-corrected chi connectivity index (χ2v) is 8.33. The van der Waals surface area contributed by atoms with Crippen LogP contribution in [0.4, 0.5) is 10.8 Å². The van der Waals surface area contributed by atoms with E-state index in [-0.39, 0.29) is 24.9 Å². The Labute approximate surface area is 201 Å². The highest BCUT2D eigenvalue weighted by atomic mass is 32.1. The van der Waals surface area contributed by atoms with E-state index in [4.69, 9.17) is 10.5 Å². The minimum Gasteiger partial charge on any atom is -0.497 e. The quantitative estimate of drug-likeness (QED) is 0.399. The predicted molar refractivity (Wildman–Crippen MR) is 133 cm³/mol. The van der Waals surface area contributed by atoms with Crippen LogP contribution in [0.3, 0.4) is 0 Å². The first kappa shape index (κ1) is 22.9. The van der Waals surface area contributed by atoms with Gasteiger partial charge in [0.1, 0.15) is 12.3 Å². The van der Waals surface area contributed by atoms with E-state index in [9.17, 15) is 9.59 Å². The molecule has 4 aromatic rings. The molecule has 0 radical (unpaired) electrons. The highest BCUT2D eigenvalue weighted by Gasteiger charge is 2.20. The number of amides is 2. The first-order valence-electron chi connectivity index (χ1n) is 10.5. The Bertz CT molecular complexity index is 1280. The third-order valence-corrected chi connectivity index (χ3v) is 5.72. The lowest BCUT2D eigenvalue weighted by Crippen LogP contribution is -2.37.